The normalized spacial score (nSPS) is 27.7. The molecule has 112 valence electrons. The number of rotatable bonds is 3. The smallest absolute Gasteiger partial charge is 0.303 e. The van der Waals surface area contributed by atoms with Gasteiger partial charge in [-0.2, -0.15) is 0 Å². The van der Waals surface area contributed by atoms with E-state index < -0.39 is 5.97 Å². The van der Waals surface area contributed by atoms with Crippen LogP contribution in [0.25, 0.3) is 0 Å². The molecule has 2 saturated heterocycles. The zero-order valence-corrected chi connectivity index (χ0v) is 12.3. The quantitative estimate of drug-likeness (QED) is 0.871. The summed E-state index contributed by atoms with van der Waals surface area (Å²) < 4.78 is 0. The lowest BCUT2D eigenvalue weighted by Gasteiger charge is -2.38. The fourth-order valence-electron chi connectivity index (χ4n) is 3.69. The van der Waals surface area contributed by atoms with E-state index in [9.17, 15) is 9.59 Å². The van der Waals surface area contributed by atoms with Crippen molar-refractivity contribution in [2.75, 3.05) is 0 Å². The van der Waals surface area contributed by atoms with E-state index in [0.717, 1.165) is 25.7 Å². The summed E-state index contributed by atoms with van der Waals surface area (Å²) in [5.74, 6) is -0.575. The molecule has 1 amide bonds. The molecule has 0 aliphatic carbocycles. The molecular weight excluding hydrogens is 292 g/mol. The highest BCUT2D eigenvalue weighted by atomic mass is 35.5. The molecule has 2 aliphatic heterocycles. The molecule has 0 spiro atoms. The molecule has 2 fully saturated rings. The van der Waals surface area contributed by atoms with E-state index in [0.29, 0.717) is 10.7 Å². The number of hydrogen-bond acceptors (Lipinski definition) is 3. The third-order valence-corrected chi connectivity index (χ3v) is 4.73. The van der Waals surface area contributed by atoms with Crippen molar-refractivity contribution in [3.8, 4) is 0 Å². The topological polar surface area (TPSA) is 70.5 Å². The number of fused-ring (bicyclic) bond motifs is 2. The maximum atomic E-state index is 12.6. The fraction of sp³-hybridized carbons (Fsp3) is 0.533. The van der Waals surface area contributed by atoms with Crippen LogP contribution in [-0.2, 0) is 4.79 Å². The third-order valence-electron chi connectivity index (χ3n) is 4.50. The van der Waals surface area contributed by atoms with Crippen LogP contribution in [0.1, 0.15) is 42.5 Å². The first-order valence-electron chi connectivity index (χ1n) is 7.20. The van der Waals surface area contributed by atoms with Gasteiger partial charge in [0.2, 0.25) is 0 Å². The maximum Gasteiger partial charge on any atom is 0.303 e. The number of hydrogen-bond donors (Lipinski definition) is 1. The summed E-state index contributed by atoms with van der Waals surface area (Å²) in [4.78, 5) is 29.4. The Morgan fingerprint density at radius 3 is 2.48 bits per heavy atom. The first-order chi connectivity index (χ1) is 10.0. The highest BCUT2D eigenvalue weighted by Crippen LogP contribution is 2.40. The van der Waals surface area contributed by atoms with E-state index in [-0.39, 0.29) is 30.3 Å². The van der Waals surface area contributed by atoms with Crippen LogP contribution in [0.15, 0.2) is 18.3 Å². The second-order valence-corrected chi connectivity index (χ2v) is 6.29. The minimum atomic E-state index is -0.749. The Kier molecular flexibility index (Phi) is 3.85. The molecule has 2 atom stereocenters. The van der Waals surface area contributed by atoms with Crippen molar-refractivity contribution in [3.63, 3.8) is 0 Å². The number of nitrogens with zero attached hydrogens (tertiary/aromatic N) is 2. The highest BCUT2D eigenvalue weighted by molar-refractivity contribution is 6.29. The van der Waals surface area contributed by atoms with Crippen molar-refractivity contribution < 1.29 is 14.7 Å². The van der Waals surface area contributed by atoms with Gasteiger partial charge in [-0.25, -0.2) is 4.98 Å². The average Bonchev–Trinajstić information content (AvgIpc) is 2.70. The molecule has 0 radical (unpaired) electrons. The Morgan fingerprint density at radius 2 is 1.95 bits per heavy atom. The monoisotopic (exact) mass is 308 g/mol. The van der Waals surface area contributed by atoms with E-state index in [1.165, 1.54) is 6.20 Å². The summed E-state index contributed by atoms with van der Waals surface area (Å²) >= 11 is 5.75. The van der Waals surface area contributed by atoms with E-state index in [1.807, 2.05) is 4.90 Å². The van der Waals surface area contributed by atoms with Crippen molar-refractivity contribution in [1.29, 1.82) is 0 Å². The molecular formula is C15H17ClN2O3. The predicted octanol–water partition coefficient (Wildman–Crippen LogP) is 2.59. The van der Waals surface area contributed by atoms with Gasteiger partial charge in [-0.15, -0.1) is 0 Å². The number of aromatic nitrogens is 1. The zero-order chi connectivity index (χ0) is 15.0. The fourth-order valence-corrected chi connectivity index (χ4v) is 3.80. The van der Waals surface area contributed by atoms with Crippen LogP contribution in [-0.4, -0.2) is 39.0 Å². The van der Waals surface area contributed by atoms with Gasteiger partial charge >= 0.3 is 5.97 Å². The molecule has 3 rings (SSSR count). The largest absolute Gasteiger partial charge is 0.481 e. The highest BCUT2D eigenvalue weighted by Gasteiger charge is 2.43. The molecule has 1 aromatic rings. The first kappa shape index (κ1) is 14.3. The van der Waals surface area contributed by atoms with Gasteiger partial charge in [0, 0.05) is 24.7 Å². The summed E-state index contributed by atoms with van der Waals surface area (Å²) in [6.07, 6.45) is 5.22. The minimum absolute atomic E-state index is 0.0135. The molecule has 21 heavy (non-hydrogen) atoms. The van der Waals surface area contributed by atoms with Gasteiger partial charge in [-0.3, -0.25) is 9.59 Å². The lowest BCUT2D eigenvalue weighted by molar-refractivity contribution is -0.138. The van der Waals surface area contributed by atoms with Crippen LogP contribution in [0.4, 0.5) is 0 Å². The number of piperidine rings is 1. The predicted molar refractivity (Wildman–Crippen MR) is 77.2 cm³/mol. The van der Waals surface area contributed by atoms with Gasteiger partial charge < -0.3 is 10.0 Å². The number of carboxylic acids is 1. The molecule has 2 aliphatic rings. The van der Waals surface area contributed by atoms with Crippen molar-refractivity contribution in [2.24, 2.45) is 5.92 Å². The summed E-state index contributed by atoms with van der Waals surface area (Å²) in [5.41, 5.74) is 0.549. The molecule has 2 bridgehead atoms. The Labute approximate surface area is 127 Å². The molecule has 1 N–H and O–H groups in total. The van der Waals surface area contributed by atoms with Crippen LogP contribution >= 0.6 is 11.6 Å². The Morgan fingerprint density at radius 1 is 1.29 bits per heavy atom. The number of halogens is 1. The van der Waals surface area contributed by atoms with Crippen LogP contribution < -0.4 is 0 Å². The minimum Gasteiger partial charge on any atom is -0.481 e. The van der Waals surface area contributed by atoms with E-state index in [2.05, 4.69) is 4.98 Å². The van der Waals surface area contributed by atoms with Gasteiger partial charge in [-0.1, -0.05) is 11.6 Å². The van der Waals surface area contributed by atoms with Gasteiger partial charge in [0.15, 0.2) is 0 Å². The molecule has 2 unspecified atom stereocenters. The van der Waals surface area contributed by atoms with E-state index in [4.69, 9.17) is 16.7 Å². The summed E-state index contributed by atoms with van der Waals surface area (Å²) in [6.45, 7) is 0. The summed E-state index contributed by atoms with van der Waals surface area (Å²) in [7, 11) is 0. The molecule has 0 aromatic carbocycles. The SMILES string of the molecule is O=C(O)CC1CC2CCC(C1)N2C(=O)c1ccc(Cl)nc1. The van der Waals surface area contributed by atoms with E-state index >= 15 is 0 Å². The zero-order valence-electron chi connectivity index (χ0n) is 11.5. The maximum absolute atomic E-state index is 12.6. The molecule has 0 saturated carbocycles. The Bertz CT molecular complexity index is 547. The van der Waals surface area contributed by atoms with Crippen LogP contribution in [0.2, 0.25) is 5.15 Å². The van der Waals surface area contributed by atoms with Crippen LogP contribution in [0.3, 0.4) is 0 Å². The number of carboxylic acid groups (broad SMARTS) is 1. The average molecular weight is 309 g/mol. The first-order valence-corrected chi connectivity index (χ1v) is 7.58. The van der Waals surface area contributed by atoms with Gasteiger partial charge in [-0.05, 0) is 43.7 Å². The number of carbonyl (C=O) groups is 2. The number of aliphatic carboxylic acids is 1. The van der Waals surface area contributed by atoms with E-state index in [1.54, 1.807) is 12.1 Å². The lowest BCUT2D eigenvalue weighted by Crippen LogP contribution is -2.46. The molecule has 6 heteroatoms. The summed E-state index contributed by atoms with van der Waals surface area (Å²) in [6, 6.07) is 3.64. The second kappa shape index (κ2) is 5.64. The van der Waals surface area contributed by atoms with Crippen molar-refractivity contribution >= 4 is 23.5 Å². The second-order valence-electron chi connectivity index (χ2n) is 5.90. The van der Waals surface area contributed by atoms with Crippen molar-refractivity contribution in [2.45, 2.75) is 44.2 Å². The summed E-state index contributed by atoms with van der Waals surface area (Å²) in [5, 5.41) is 9.31. The number of pyridine rings is 1. The third kappa shape index (κ3) is 2.88. The number of carbonyl (C=O) groups excluding carboxylic acids is 1. The van der Waals surface area contributed by atoms with Crippen molar-refractivity contribution in [1.82, 2.24) is 9.88 Å². The number of amides is 1. The molecule has 5 nitrogen and oxygen atoms in total. The van der Waals surface area contributed by atoms with Crippen molar-refractivity contribution in [3.05, 3.63) is 29.0 Å². The molecule has 3 heterocycles. The Hall–Kier alpha value is -1.62. The van der Waals surface area contributed by atoms with Gasteiger partial charge in [0.25, 0.3) is 5.91 Å². The lowest BCUT2D eigenvalue weighted by atomic mass is 9.88. The van der Waals surface area contributed by atoms with Crippen LogP contribution in [0, 0.1) is 5.92 Å². The van der Waals surface area contributed by atoms with Crippen LogP contribution in [0.5, 0.6) is 0 Å². The van der Waals surface area contributed by atoms with Gasteiger partial charge in [0.1, 0.15) is 5.15 Å². The molecule has 1 aromatic heterocycles. The Balaban J connectivity index is 1.74. The van der Waals surface area contributed by atoms with Gasteiger partial charge in [0.05, 0.1) is 5.56 Å². The standard InChI is InChI=1S/C15H17ClN2O3/c16-13-4-1-10(8-17-13)15(21)18-11-2-3-12(18)6-9(5-11)7-14(19)20/h1,4,8-9,11-12H,2-3,5-7H2,(H,19,20).